The molecule has 11 heteroatoms. The Morgan fingerprint density at radius 3 is 2.46 bits per heavy atom. The molecule has 0 radical (unpaired) electrons. The number of nitrogens with zero attached hydrogens (tertiary/aromatic N) is 1. The maximum atomic E-state index is 11.3. The van der Waals surface area contributed by atoms with Crippen molar-refractivity contribution in [3.05, 3.63) is 33.9 Å². The minimum atomic E-state index is -0.754. The number of methoxy groups -OCH3 is 3. The number of hydrogen-bond acceptors (Lipinski definition) is 9. The maximum absolute atomic E-state index is 11.3. The fourth-order valence-electron chi connectivity index (χ4n) is 2.84. The summed E-state index contributed by atoms with van der Waals surface area (Å²) in [6.07, 6.45) is -1.49. The van der Waals surface area contributed by atoms with Crippen LogP contribution in [0, 0.1) is 10.1 Å². The van der Waals surface area contributed by atoms with Gasteiger partial charge in [-0.25, -0.2) is 0 Å². The van der Waals surface area contributed by atoms with Crippen LogP contribution in [0.15, 0.2) is 18.2 Å². The van der Waals surface area contributed by atoms with Gasteiger partial charge in [0.15, 0.2) is 5.75 Å². The monoisotopic (exact) mass is 407 g/mol. The Hall–Kier alpha value is -1.89. The number of halogens is 1. The molecule has 1 aliphatic heterocycles. The van der Waals surface area contributed by atoms with Crippen LogP contribution in [-0.4, -0.2) is 69.7 Å². The average Bonchev–Trinajstić information content (AvgIpc) is 2.68. The van der Waals surface area contributed by atoms with E-state index in [1.807, 2.05) is 0 Å². The highest BCUT2D eigenvalue weighted by Crippen LogP contribution is 2.32. The maximum Gasteiger partial charge on any atom is 0.311 e. The van der Waals surface area contributed by atoms with Crippen LogP contribution in [0.25, 0.3) is 0 Å². The topological polar surface area (TPSA) is 119 Å². The van der Waals surface area contributed by atoms with E-state index >= 15 is 0 Å². The Labute approximate surface area is 162 Å². The molecule has 1 fully saturated rings. The predicted molar refractivity (Wildman–Crippen MR) is 94.5 cm³/mol. The normalized spacial score (nSPS) is 24.2. The Bertz CT molecular complexity index is 604. The van der Waals surface area contributed by atoms with E-state index in [0.29, 0.717) is 12.0 Å². The summed E-state index contributed by atoms with van der Waals surface area (Å²) < 4.78 is 37.4. The quantitative estimate of drug-likeness (QED) is 0.508. The Morgan fingerprint density at radius 2 is 1.96 bits per heavy atom. The fourth-order valence-corrected chi connectivity index (χ4v) is 2.84. The van der Waals surface area contributed by atoms with Crippen molar-refractivity contribution in [1.82, 2.24) is 0 Å². The van der Waals surface area contributed by atoms with E-state index < -0.39 is 17.3 Å². The van der Waals surface area contributed by atoms with Gasteiger partial charge in [-0.15, -0.1) is 0 Å². The van der Waals surface area contributed by atoms with Gasteiger partial charge in [0.1, 0.15) is 12.2 Å². The summed E-state index contributed by atoms with van der Waals surface area (Å²) in [6, 6.07) is 4.28. The minimum absolute atomic E-state index is 0.0640. The number of nitro benzene ring substituents is 1. The summed E-state index contributed by atoms with van der Waals surface area (Å²) in [5.74, 6) is 0.0640. The minimum Gasteiger partial charge on any atom is -0.458 e. The number of aliphatic hydroxyl groups is 1. The zero-order valence-electron chi connectivity index (χ0n) is 16.2. The van der Waals surface area contributed by atoms with Crippen molar-refractivity contribution in [2.24, 2.45) is 0 Å². The van der Waals surface area contributed by atoms with Gasteiger partial charge < -0.3 is 28.8 Å². The molecule has 160 valence electrons. The van der Waals surface area contributed by atoms with E-state index in [0.717, 1.165) is 7.11 Å². The van der Waals surface area contributed by atoms with Gasteiger partial charge in [0.25, 0.3) is 0 Å². The molecule has 10 nitrogen and oxygen atoms in total. The van der Waals surface area contributed by atoms with Crippen molar-refractivity contribution in [3.63, 3.8) is 0 Å². The van der Waals surface area contributed by atoms with Gasteiger partial charge in [-0.1, -0.05) is 6.07 Å². The molecule has 0 amide bonds. The largest absolute Gasteiger partial charge is 0.458 e. The van der Waals surface area contributed by atoms with Gasteiger partial charge in [0, 0.05) is 33.8 Å². The molecule has 0 saturated carbocycles. The van der Waals surface area contributed by atoms with Crippen molar-refractivity contribution >= 4 is 5.69 Å². The molecule has 0 aliphatic carbocycles. The Kier molecular flexibility index (Phi) is 10.8. The van der Waals surface area contributed by atoms with Gasteiger partial charge >= 0.3 is 5.69 Å². The molecule has 1 N–H and O–H groups in total. The number of benzene rings is 1. The summed E-state index contributed by atoms with van der Waals surface area (Å²) in [6.45, 7) is -0.0258. The lowest BCUT2D eigenvalue weighted by Crippen LogP contribution is -2.53. The van der Waals surface area contributed by atoms with Crippen LogP contribution >= 0.6 is 0 Å². The van der Waals surface area contributed by atoms with Gasteiger partial charge in [0.2, 0.25) is 6.29 Å². The lowest BCUT2D eigenvalue weighted by Gasteiger charge is -2.39. The first-order valence-electron chi connectivity index (χ1n) is 8.35. The summed E-state index contributed by atoms with van der Waals surface area (Å²) in [5.41, 5.74) is 0.191. The standard InChI is InChI=1S/C16H23NO8.CH3FO/c1-21-9-14-16(23-3)13(22-2)7-15(25-14)24-12-5-4-10(8-18)6-11(12)17(19)20;1-3-2/h4-6,13-16,18H,7-9H2,1-3H3;1H3. The van der Waals surface area contributed by atoms with Gasteiger partial charge in [-0.2, -0.15) is 4.94 Å². The number of ether oxygens (including phenoxy) is 5. The first-order valence-corrected chi connectivity index (χ1v) is 8.35. The first-order chi connectivity index (χ1) is 13.4. The average molecular weight is 407 g/mol. The molecule has 4 unspecified atom stereocenters. The molecule has 4 atom stereocenters. The molecule has 2 rings (SSSR count). The summed E-state index contributed by atoms with van der Waals surface area (Å²) in [4.78, 5) is 13.4. The van der Waals surface area contributed by atoms with Crippen LogP contribution in [0.4, 0.5) is 10.2 Å². The van der Waals surface area contributed by atoms with Crippen LogP contribution in [0.1, 0.15) is 12.0 Å². The van der Waals surface area contributed by atoms with E-state index in [1.165, 1.54) is 12.1 Å². The number of rotatable bonds is 8. The second-order valence-corrected chi connectivity index (χ2v) is 5.76. The second-order valence-electron chi connectivity index (χ2n) is 5.76. The van der Waals surface area contributed by atoms with Crippen LogP contribution in [0.3, 0.4) is 0 Å². The van der Waals surface area contributed by atoms with Gasteiger partial charge in [-0.3, -0.25) is 10.1 Å². The molecule has 0 spiro atoms. The Balaban J connectivity index is 0.00000122. The van der Waals surface area contributed by atoms with Crippen LogP contribution in [-0.2, 0) is 30.5 Å². The molecular formula is C17H26FNO9. The van der Waals surface area contributed by atoms with Crippen molar-refractivity contribution in [2.75, 3.05) is 35.0 Å². The Morgan fingerprint density at radius 1 is 1.29 bits per heavy atom. The molecule has 1 aromatic rings. The van der Waals surface area contributed by atoms with Crippen LogP contribution in [0.2, 0.25) is 0 Å². The highest BCUT2D eigenvalue weighted by molar-refractivity contribution is 5.48. The number of hydrogen-bond donors (Lipinski definition) is 1. The van der Waals surface area contributed by atoms with E-state index in [1.54, 1.807) is 27.4 Å². The van der Waals surface area contributed by atoms with E-state index in [9.17, 15) is 14.6 Å². The zero-order chi connectivity index (χ0) is 21.1. The first kappa shape index (κ1) is 24.1. The highest BCUT2D eigenvalue weighted by Gasteiger charge is 2.40. The lowest BCUT2D eigenvalue weighted by atomic mass is 10.0. The predicted octanol–water partition coefficient (Wildman–Crippen LogP) is 1.77. The molecule has 0 bridgehead atoms. The van der Waals surface area contributed by atoms with Crippen molar-refractivity contribution < 1.29 is 43.2 Å². The highest BCUT2D eigenvalue weighted by atomic mass is 19.3. The van der Waals surface area contributed by atoms with Crippen molar-refractivity contribution in [2.45, 2.75) is 37.6 Å². The third-order valence-corrected chi connectivity index (χ3v) is 4.05. The SMILES string of the molecule is COCC1OC(Oc2ccc(CO)cc2[N+](=O)[O-])CC(OC)C1OC.COF. The van der Waals surface area contributed by atoms with E-state index in [2.05, 4.69) is 4.94 Å². The molecule has 1 aliphatic rings. The van der Waals surface area contributed by atoms with Gasteiger partial charge in [0.05, 0.1) is 31.4 Å². The van der Waals surface area contributed by atoms with Crippen LogP contribution in [0.5, 0.6) is 5.75 Å². The molecule has 1 aromatic carbocycles. The number of aliphatic hydroxyl groups excluding tert-OH is 1. The third kappa shape index (κ3) is 6.62. The fraction of sp³-hybridized carbons (Fsp3) is 0.647. The van der Waals surface area contributed by atoms with Crippen molar-refractivity contribution in [3.8, 4) is 5.75 Å². The van der Waals surface area contributed by atoms with Gasteiger partial charge in [-0.05, 0) is 16.2 Å². The molecule has 28 heavy (non-hydrogen) atoms. The van der Waals surface area contributed by atoms with Crippen molar-refractivity contribution in [1.29, 1.82) is 0 Å². The summed E-state index contributed by atoms with van der Waals surface area (Å²) >= 11 is 0. The molecular weight excluding hydrogens is 381 g/mol. The molecule has 0 aromatic heterocycles. The molecule has 1 saturated heterocycles. The summed E-state index contributed by atoms with van der Waals surface area (Å²) in [7, 11) is 5.62. The smallest absolute Gasteiger partial charge is 0.311 e. The summed E-state index contributed by atoms with van der Waals surface area (Å²) in [5, 5.41) is 20.4. The van der Waals surface area contributed by atoms with Crippen LogP contribution < -0.4 is 4.74 Å². The van der Waals surface area contributed by atoms with E-state index in [4.69, 9.17) is 28.8 Å². The lowest BCUT2D eigenvalue weighted by molar-refractivity contribution is -0.386. The second kappa shape index (κ2) is 12.5. The van der Waals surface area contributed by atoms with E-state index in [-0.39, 0.29) is 36.9 Å². The zero-order valence-corrected chi connectivity index (χ0v) is 16.2. The number of nitro groups is 1. The third-order valence-electron chi connectivity index (χ3n) is 4.05. The molecule has 1 heterocycles.